The Labute approximate surface area is 141 Å². The summed E-state index contributed by atoms with van der Waals surface area (Å²) in [5.74, 6) is 0.905. The molecule has 24 heavy (non-hydrogen) atoms. The molecule has 0 unspecified atom stereocenters. The molecular formula is C19H20N2O3. The van der Waals surface area contributed by atoms with Crippen LogP contribution in [0, 0.1) is 0 Å². The Morgan fingerprint density at radius 3 is 2.58 bits per heavy atom. The van der Waals surface area contributed by atoms with Gasteiger partial charge in [-0.05, 0) is 23.8 Å². The number of nitrogens with zero attached hydrogens (tertiary/aromatic N) is 2. The molecule has 1 amide bonds. The number of hydrogen-bond donors (Lipinski definition) is 0. The maximum Gasteiger partial charge on any atom is 0.414 e. The molecule has 124 valence electrons. The molecule has 2 aliphatic heterocycles. The Bertz CT molecular complexity index is 733. The minimum absolute atomic E-state index is 0.273. The fourth-order valence-electron chi connectivity index (χ4n) is 3.21. The topological polar surface area (TPSA) is 42.0 Å². The zero-order chi connectivity index (χ0) is 16.4. The molecule has 0 saturated carbocycles. The van der Waals surface area contributed by atoms with Crippen LogP contribution in [0.3, 0.4) is 0 Å². The zero-order valence-corrected chi connectivity index (χ0v) is 13.5. The van der Waals surface area contributed by atoms with Crippen LogP contribution in [0.25, 0.3) is 0 Å². The van der Waals surface area contributed by atoms with Crippen molar-refractivity contribution in [3.63, 3.8) is 0 Å². The molecule has 0 spiro atoms. The van der Waals surface area contributed by atoms with Gasteiger partial charge in [0, 0.05) is 30.9 Å². The summed E-state index contributed by atoms with van der Waals surface area (Å²) in [4.78, 5) is 15.8. The van der Waals surface area contributed by atoms with Crippen LogP contribution >= 0.6 is 0 Å². The van der Waals surface area contributed by atoms with E-state index in [-0.39, 0.29) is 6.09 Å². The lowest BCUT2D eigenvalue weighted by Crippen LogP contribution is -2.25. The van der Waals surface area contributed by atoms with Gasteiger partial charge >= 0.3 is 6.09 Å². The molecule has 5 nitrogen and oxygen atoms in total. The fraction of sp³-hybridized carbons (Fsp3) is 0.316. The van der Waals surface area contributed by atoms with Crippen LogP contribution in [0.15, 0.2) is 48.5 Å². The number of carbonyl (C=O) groups excluding carboxylic acids is 1. The molecule has 0 atom stereocenters. The first-order valence-corrected chi connectivity index (χ1v) is 8.26. The maximum atomic E-state index is 11.8. The van der Waals surface area contributed by atoms with Crippen LogP contribution in [0.1, 0.15) is 11.1 Å². The highest BCUT2D eigenvalue weighted by Gasteiger charge is 2.25. The van der Waals surface area contributed by atoms with E-state index in [0.29, 0.717) is 19.8 Å². The Balaban J connectivity index is 1.55. The number of ether oxygens (including phenoxy) is 2. The van der Waals surface area contributed by atoms with Crippen molar-refractivity contribution in [3.8, 4) is 5.75 Å². The van der Waals surface area contributed by atoms with Gasteiger partial charge in [-0.2, -0.15) is 0 Å². The third-order valence-corrected chi connectivity index (χ3v) is 4.42. The van der Waals surface area contributed by atoms with E-state index in [9.17, 15) is 4.79 Å². The second kappa shape index (κ2) is 6.53. The highest BCUT2D eigenvalue weighted by atomic mass is 16.6. The number of fused-ring (bicyclic) bond motifs is 1. The Kier molecular flexibility index (Phi) is 4.09. The predicted octanol–water partition coefficient (Wildman–Crippen LogP) is 3.04. The molecular weight excluding hydrogens is 304 g/mol. The van der Waals surface area contributed by atoms with Gasteiger partial charge in [0.1, 0.15) is 19.0 Å². The van der Waals surface area contributed by atoms with Gasteiger partial charge in [0.25, 0.3) is 0 Å². The van der Waals surface area contributed by atoms with Crippen molar-refractivity contribution in [1.82, 2.24) is 4.90 Å². The largest absolute Gasteiger partial charge is 0.492 e. The number of rotatable bonds is 3. The van der Waals surface area contributed by atoms with Crippen LogP contribution in [-0.2, 0) is 17.8 Å². The number of carbonyl (C=O) groups is 1. The lowest BCUT2D eigenvalue weighted by molar-refractivity contribution is 0.181. The van der Waals surface area contributed by atoms with Crippen LogP contribution < -0.4 is 9.64 Å². The van der Waals surface area contributed by atoms with Crippen molar-refractivity contribution in [1.29, 1.82) is 0 Å². The average molecular weight is 324 g/mol. The summed E-state index contributed by atoms with van der Waals surface area (Å²) in [5, 5.41) is 0. The first kappa shape index (κ1) is 15.0. The van der Waals surface area contributed by atoms with Gasteiger partial charge in [-0.3, -0.25) is 9.80 Å². The van der Waals surface area contributed by atoms with Gasteiger partial charge in [0.2, 0.25) is 0 Å². The van der Waals surface area contributed by atoms with Crippen molar-refractivity contribution in [3.05, 3.63) is 59.7 Å². The van der Waals surface area contributed by atoms with Gasteiger partial charge in [-0.15, -0.1) is 0 Å². The van der Waals surface area contributed by atoms with E-state index in [1.807, 2.05) is 24.3 Å². The Hall–Kier alpha value is -2.53. The Morgan fingerprint density at radius 1 is 0.958 bits per heavy atom. The van der Waals surface area contributed by atoms with Gasteiger partial charge in [0.05, 0.1) is 6.54 Å². The minimum atomic E-state index is -0.273. The molecule has 0 bridgehead atoms. The fourth-order valence-corrected chi connectivity index (χ4v) is 3.21. The first-order valence-electron chi connectivity index (χ1n) is 8.26. The van der Waals surface area contributed by atoms with E-state index >= 15 is 0 Å². The minimum Gasteiger partial charge on any atom is -0.492 e. The monoisotopic (exact) mass is 324 g/mol. The summed E-state index contributed by atoms with van der Waals surface area (Å²) in [7, 11) is 0. The van der Waals surface area contributed by atoms with Crippen molar-refractivity contribution in [2.75, 3.05) is 31.2 Å². The van der Waals surface area contributed by atoms with Crippen molar-refractivity contribution in [2.45, 2.75) is 13.1 Å². The summed E-state index contributed by atoms with van der Waals surface area (Å²) in [6.07, 6.45) is -0.273. The second-order valence-electron chi connectivity index (χ2n) is 6.10. The highest BCUT2D eigenvalue weighted by Crippen LogP contribution is 2.29. The zero-order valence-electron chi connectivity index (χ0n) is 13.5. The van der Waals surface area contributed by atoms with Crippen molar-refractivity contribution in [2.24, 2.45) is 0 Å². The summed E-state index contributed by atoms with van der Waals surface area (Å²) in [6.45, 7) is 4.30. The molecule has 4 rings (SSSR count). The summed E-state index contributed by atoms with van der Waals surface area (Å²) < 4.78 is 10.9. The lowest BCUT2D eigenvalue weighted by Gasteiger charge is -2.20. The summed E-state index contributed by atoms with van der Waals surface area (Å²) in [6, 6.07) is 16.4. The number of benzene rings is 2. The molecule has 1 saturated heterocycles. The normalized spacial score (nSPS) is 17.8. The van der Waals surface area contributed by atoms with E-state index in [4.69, 9.17) is 9.47 Å². The molecule has 2 aromatic carbocycles. The molecule has 2 aromatic rings. The molecule has 0 aromatic heterocycles. The summed E-state index contributed by atoms with van der Waals surface area (Å²) in [5.41, 5.74) is 3.28. The average Bonchev–Trinajstić information content (AvgIpc) is 2.92. The van der Waals surface area contributed by atoms with Crippen LogP contribution in [0.5, 0.6) is 5.75 Å². The molecule has 2 heterocycles. The lowest BCUT2D eigenvalue weighted by atomic mass is 10.1. The number of cyclic esters (lactones) is 1. The van der Waals surface area contributed by atoms with Gasteiger partial charge < -0.3 is 9.47 Å². The van der Waals surface area contributed by atoms with E-state index in [1.165, 1.54) is 5.56 Å². The van der Waals surface area contributed by atoms with Gasteiger partial charge in [-0.1, -0.05) is 30.3 Å². The van der Waals surface area contributed by atoms with Crippen molar-refractivity contribution < 1.29 is 14.3 Å². The van der Waals surface area contributed by atoms with E-state index in [2.05, 4.69) is 29.2 Å². The first-order chi connectivity index (χ1) is 11.8. The summed E-state index contributed by atoms with van der Waals surface area (Å²) >= 11 is 0. The standard InChI is InChI=1S/C19H20N2O3/c22-19-21(9-11-24-19)17-6-7-18-16(12-17)14-20(8-10-23-18)13-15-4-2-1-3-5-15/h1-7,12H,8-11,13-14H2. The molecule has 0 radical (unpaired) electrons. The predicted molar refractivity (Wildman–Crippen MR) is 91.2 cm³/mol. The van der Waals surface area contributed by atoms with Crippen LogP contribution in [-0.4, -0.2) is 37.3 Å². The quantitative estimate of drug-likeness (QED) is 0.870. The second-order valence-corrected chi connectivity index (χ2v) is 6.10. The molecule has 1 fully saturated rings. The van der Waals surface area contributed by atoms with Gasteiger partial charge in [0.15, 0.2) is 0 Å². The maximum absolute atomic E-state index is 11.8. The van der Waals surface area contributed by atoms with Gasteiger partial charge in [-0.25, -0.2) is 4.79 Å². The molecule has 2 aliphatic rings. The molecule has 5 heteroatoms. The SMILES string of the molecule is O=C1OCCN1c1ccc2c(c1)CN(Cc1ccccc1)CCO2. The number of hydrogen-bond acceptors (Lipinski definition) is 4. The number of amides is 1. The highest BCUT2D eigenvalue weighted by molar-refractivity contribution is 5.89. The number of anilines is 1. The van der Waals surface area contributed by atoms with E-state index in [1.54, 1.807) is 4.90 Å². The van der Waals surface area contributed by atoms with Crippen LogP contribution in [0.2, 0.25) is 0 Å². The van der Waals surface area contributed by atoms with Crippen molar-refractivity contribution >= 4 is 11.8 Å². The van der Waals surface area contributed by atoms with E-state index in [0.717, 1.165) is 36.6 Å². The molecule has 0 N–H and O–H groups in total. The third-order valence-electron chi connectivity index (χ3n) is 4.42. The third kappa shape index (κ3) is 3.08. The Morgan fingerprint density at radius 2 is 1.79 bits per heavy atom. The molecule has 0 aliphatic carbocycles. The van der Waals surface area contributed by atoms with E-state index < -0.39 is 0 Å². The smallest absolute Gasteiger partial charge is 0.414 e. The van der Waals surface area contributed by atoms with Crippen LogP contribution in [0.4, 0.5) is 10.5 Å².